The van der Waals surface area contributed by atoms with Crippen LogP contribution in [-0.2, 0) is 10.0 Å². The maximum absolute atomic E-state index is 11.3. The molecule has 6 heteroatoms. The Bertz CT molecular complexity index is 479. The van der Waals surface area contributed by atoms with Crippen LogP contribution in [0.15, 0.2) is 24.3 Å². The molecule has 0 heterocycles. The molecule has 0 spiro atoms. The monoisotopic (exact) mass is 244 g/mol. The van der Waals surface area contributed by atoms with Crippen molar-refractivity contribution in [3.05, 3.63) is 29.8 Å². The third-order valence-corrected chi connectivity index (χ3v) is 3.31. The molecule has 0 saturated carbocycles. The normalized spacial score (nSPS) is 10.7. The van der Waals surface area contributed by atoms with Crippen LogP contribution in [0.2, 0.25) is 0 Å². The molecule has 0 bridgehead atoms. The van der Waals surface area contributed by atoms with E-state index in [0.29, 0.717) is 11.3 Å². The Labute approximate surface area is 93.5 Å². The number of halogens is 1. The van der Waals surface area contributed by atoms with Crippen LogP contribution < -0.4 is 4.72 Å². The minimum atomic E-state index is -3.40. The first kappa shape index (κ1) is 11.8. The van der Waals surface area contributed by atoms with Gasteiger partial charge in [-0.25, -0.2) is 8.42 Å². The van der Waals surface area contributed by atoms with Crippen LogP contribution in [0.1, 0.15) is 5.56 Å². The van der Waals surface area contributed by atoms with Gasteiger partial charge in [-0.1, -0.05) is 6.07 Å². The van der Waals surface area contributed by atoms with Crippen LogP contribution in [0.5, 0.6) is 0 Å². The van der Waals surface area contributed by atoms with Crippen molar-refractivity contribution in [3.63, 3.8) is 0 Å². The van der Waals surface area contributed by atoms with Gasteiger partial charge >= 0.3 is 0 Å². The Hall–Kier alpha value is -1.25. The number of hydrogen-bond acceptors (Lipinski definition) is 3. The zero-order valence-electron chi connectivity index (χ0n) is 7.77. The summed E-state index contributed by atoms with van der Waals surface area (Å²) >= 11 is 5.34. The minimum absolute atomic E-state index is 0.0350. The molecule has 1 N–H and O–H groups in total. The summed E-state index contributed by atoms with van der Waals surface area (Å²) in [5, 5.41) is 8.62. The fourth-order valence-electron chi connectivity index (χ4n) is 0.984. The van der Waals surface area contributed by atoms with Gasteiger partial charge < -0.3 is 0 Å². The summed E-state index contributed by atoms with van der Waals surface area (Å²) in [4.78, 5) is 0. The summed E-state index contributed by atoms with van der Waals surface area (Å²) in [7, 11) is -3.40. The van der Waals surface area contributed by atoms with Gasteiger partial charge in [-0.2, -0.15) is 5.26 Å². The minimum Gasteiger partial charge on any atom is -0.283 e. The number of hydrogen-bond donors (Lipinski definition) is 1. The van der Waals surface area contributed by atoms with E-state index < -0.39 is 10.0 Å². The van der Waals surface area contributed by atoms with Crippen molar-refractivity contribution >= 4 is 27.3 Å². The third kappa shape index (κ3) is 3.78. The second-order valence-corrected chi connectivity index (χ2v) is 5.02. The molecule has 0 aliphatic heterocycles. The maximum Gasteiger partial charge on any atom is 0.233 e. The average molecular weight is 245 g/mol. The van der Waals surface area contributed by atoms with Gasteiger partial charge in [0.05, 0.1) is 17.4 Å². The van der Waals surface area contributed by atoms with Crippen LogP contribution in [-0.4, -0.2) is 20.1 Å². The number of anilines is 1. The Morgan fingerprint density at radius 2 is 2.20 bits per heavy atom. The van der Waals surface area contributed by atoms with Crippen LogP contribution in [0.4, 0.5) is 5.69 Å². The molecule has 15 heavy (non-hydrogen) atoms. The van der Waals surface area contributed by atoms with Crippen molar-refractivity contribution in [3.8, 4) is 6.07 Å². The largest absolute Gasteiger partial charge is 0.283 e. The van der Waals surface area contributed by atoms with E-state index in [-0.39, 0.29) is 11.6 Å². The summed E-state index contributed by atoms with van der Waals surface area (Å²) in [6.07, 6.45) is 0. The van der Waals surface area contributed by atoms with Crippen LogP contribution in [0, 0.1) is 11.3 Å². The first-order valence-corrected chi connectivity index (χ1v) is 6.33. The highest BCUT2D eigenvalue weighted by atomic mass is 35.5. The van der Waals surface area contributed by atoms with E-state index in [4.69, 9.17) is 16.9 Å². The third-order valence-electron chi connectivity index (χ3n) is 1.61. The lowest BCUT2D eigenvalue weighted by atomic mass is 10.2. The highest BCUT2D eigenvalue weighted by Crippen LogP contribution is 2.11. The molecule has 0 saturated heterocycles. The Morgan fingerprint density at radius 1 is 1.47 bits per heavy atom. The van der Waals surface area contributed by atoms with Crippen molar-refractivity contribution < 1.29 is 8.42 Å². The Balaban J connectivity index is 2.86. The number of nitriles is 1. The van der Waals surface area contributed by atoms with Crippen molar-refractivity contribution in [1.29, 1.82) is 5.26 Å². The number of benzene rings is 1. The number of alkyl halides is 1. The Kier molecular flexibility index (Phi) is 3.95. The second-order valence-electron chi connectivity index (χ2n) is 2.80. The molecule has 1 aromatic rings. The maximum atomic E-state index is 11.3. The molecule has 1 aromatic carbocycles. The summed E-state index contributed by atoms with van der Waals surface area (Å²) in [6.45, 7) is 0. The van der Waals surface area contributed by atoms with Crippen molar-refractivity contribution in [2.24, 2.45) is 0 Å². The predicted octanol–water partition coefficient (Wildman–Crippen LogP) is 1.54. The summed E-state index contributed by atoms with van der Waals surface area (Å²) in [5.41, 5.74) is 0.778. The van der Waals surface area contributed by atoms with Gasteiger partial charge in [0.15, 0.2) is 0 Å². The Morgan fingerprint density at radius 3 is 2.80 bits per heavy atom. The molecule has 4 nitrogen and oxygen atoms in total. The molecule has 0 aliphatic carbocycles. The number of nitrogens with zero attached hydrogens (tertiary/aromatic N) is 1. The van der Waals surface area contributed by atoms with E-state index in [0.717, 1.165) is 0 Å². The molecule has 0 radical (unpaired) electrons. The molecular formula is C9H9ClN2O2S. The molecular weight excluding hydrogens is 236 g/mol. The lowest BCUT2D eigenvalue weighted by Gasteiger charge is -2.06. The zero-order valence-corrected chi connectivity index (χ0v) is 9.35. The van der Waals surface area contributed by atoms with Crippen LogP contribution in [0.25, 0.3) is 0 Å². The van der Waals surface area contributed by atoms with E-state index in [9.17, 15) is 8.42 Å². The molecule has 0 amide bonds. The SMILES string of the molecule is N#Cc1cccc(NS(=O)(=O)CCCl)c1. The van der Waals surface area contributed by atoms with Gasteiger partial charge in [-0.15, -0.1) is 11.6 Å². The molecule has 1 rings (SSSR count). The van der Waals surface area contributed by atoms with Gasteiger partial charge in [-0.3, -0.25) is 4.72 Å². The van der Waals surface area contributed by atoms with Crippen LogP contribution in [0.3, 0.4) is 0 Å². The van der Waals surface area contributed by atoms with E-state index in [1.54, 1.807) is 18.2 Å². The summed E-state index contributed by atoms with van der Waals surface area (Å²) in [6, 6.07) is 8.17. The predicted molar refractivity (Wildman–Crippen MR) is 59.3 cm³/mol. The van der Waals surface area contributed by atoms with E-state index in [1.165, 1.54) is 6.07 Å². The van der Waals surface area contributed by atoms with Gasteiger partial charge in [0.25, 0.3) is 0 Å². The van der Waals surface area contributed by atoms with E-state index >= 15 is 0 Å². The highest BCUT2D eigenvalue weighted by molar-refractivity contribution is 7.92. The lowest BCUT2D eigenvalue weighted by molar-refractivity contribution is 0.602. The fraction of sp³-hybridized carbons (Fsp3) is 0.222. The van der Waals surface area contributed by atoms with Gasteiger partial charge in [0.2, 0.25) is 10.0 Å². The fourth-order valence-corrected chi connectivity index (χ4v) is 2.39. The average Bonchev–Trinajstić information content (AvgIpc) is 2.17. The molecule has 0 unspecified atom stereocenters. The first-order chi connectivity index (χ1) is 7.07. The lowest BCUT2D eigenvalue weighted by Crippen LogP contribution is -2.17. The quantitative estimate of drug-likeness (QED) is 0.817. The van der Waals surface area contributed by atoms with Crippen molar-refractivity contribution in [2.45, 2.75) is 0 Å². The highest BCUT2D eigenvalue weighted by Gasteiger charge is 2.09. The van der Waals surface area contributed by atoms with Gasteiger partial charge in [0, 0.05) is 11.6 Å². The van der Waals surface area contributed by atoms with Crippen molar-refractivity contribution in [1.82, 2.24) is 0 Å². The molecule has 0 aromatic heterocycles. The number of nitrogens with one attached hydrogen (secondary N) is 1. The smallest absolute Gasteiger partial charge is 0.233 e. The van der Waals surface area contributed by atoms with Gasteiger partial charge in [-0.05, 0) is 18.2 Å². The topological polar surface area (TPSA) is 70.0 Å². The summed E-state index contributed by atoms with van der Waals surface area (Å²) < 4.78 is 25.0. The van der Waals surface area contributed by atoms with Gasteiger partial charge in [0.1, 0.15) is 0 Å². The summed E-state index contributed by atoms with van der Waals surface area (Å²) in [5.74, 6) is -0.112. The molecule has 80 valence electrons. The van der Waals surface area contributed by atoms with E-state index in [2.05, 4.69) is 4.72 Å². The molecule has 0 aliphatic rings. The number of sulfonamides is 1. The zero-order chi connectivity index (χ0) is 11.3. The molecule has 0 fully saturated rings. The standard InChI is InChI=1S/C9H9ClN2O2S/c10-4-5-15(13,14)12-9-3-1-2-8(6-9)7-11/h1-3,6,12H,4-5H2. The van der Waals surface area contributed by atoms with Crippen molar-refractivity contribution in [2.75, 3.05) is 16.4 Å². The van der Waals surface area contributed by atoms with Crippen LogP contribution >= 0.6 is 11.6 Å². The first-order valence-electron chi connectivity index (χ1n) is 4.14. The van der Waals surface area contributed by atoms with E-state index in [1.807, 2.05) is 6.07 Å². The number of rotatable bonds is 4. The second kappa shape index (κ2) is 5.01. The molecule has 0 atom stereocenters.